The van der Waals surface area contributed by atoms with Crippen molar-refractivity contribution < 1.29 is 9.59 Å². The van der Waals surface area contributed by atoms with Crippen molar-refractivity contribution >= 4 is 23.4 Å². The van der Waals surface area contributed by atoms with Gasteiger partial charge >= 0.3 is 0 Å². The molecule has 2 rings (SSSR count). The first-order valence-electron chi connectivity index (χ1n) is 8.30. The second-order valence-electron chi connectivity index (χ2n) is 6.12. The number of amides is 2. The molecule has 2 unspecified atom stereocenters. The van der Waals surface area contributed by atoms with E-state index in [0.717, 1.165) is 5.56 Å². The molecule has 5 heteroatoms. The molecular formula is C20H23ClN2O2. The Bertz CT molecular complexity index is 701. The van der Waals surface area contributed by atoms with Crippen LogP contribution in [0.25, 0.3) is 0 Å². The average Bonchev–Trinajstić information content (AvgIpc) is 2.60. The Hall–Kier alpha value is -2.33. The van der Waals surface area contributed by atoms with Crippen molar-refractivity contribution in [3.63, 3.8) is 0 Å². The maximum absolute atomic E-state index is 12.3. The van der Waals surface area contributed by atoms with Crippen LogP contribution in [-0.2, 0) is 9.59 Å². The van der Waals surface area contributed by atoms with E-state index in [9.17, 15) is 9.59 Å². The maximum Gasteiger partial charge on any atom is 0.222 e. The Balaban J connectivity index is 1.94. The zero-order valence-corrected chi connectivity index (χ0v) is 15.2. The minimum absolute atomic E-state index is 0.100. The van der Waals surface area contributed by atoms with E-state index in [0.29, 0.717) is 11.6 Å². The van der Waals surface area contributed by atoms with Crippen molar-refractivity contribution in [3.8, 4) is 0 Å². The van der Waals surface area contributed by atoms with Gasteiger partial charge in [-0.25, -0.2) is 0 Å². The lowest BCUT2D eigenvalue weighted by atomic mass is 10.0. The Morgan fingerprint density at radius 2 is 1.64 bits per heavy atom. The van der Waals surface area contributed by atoms with E-state index in [1.807, 2.05) is 42.5 Å². The normalized spacial score (nSPS) is 12.9. The molecule has 2 amide bonds. The van der Waals surface area contributed by atoms with Crippen LogP contribution in [0.5, 0.6) is 0 Å². The second-order valence-corrected chi connectivity index (χ2v) is 6.56. The number of halogens is 1. The van der Waals surface area contributed by atoms with Crippen LogP contribution in [0.1, 0.15) is 43.4 Å². The molecule has 0 aromatic heterocycles. The summed E-state index contributed by atoms with van der Waals surface area (Å²) >= 11 is 5.90. The predicted octanol–water partition coefficient (Wildman–Crippen LogP) is 3.83. The molecule has 0 aliphatic rings. The molecular weight excluding hydrogens is 336 g/mol. The van der Waals surface area contributed by atoms with Gasteiger partial charge in [-0.3, -0.25) is 9.59 Å². The first-order chi connectivity index (χ1) is 12.0. The molecule has 2 aromatic rings. The van der Waals surface area contributed by atoms with Gasteiger partial charge in [0, 0.05) is 18.5 Å². The minimum Gasteiger partial charge on any atom is -0.355 e. The van der Waals surface area contributed by atoms with Crippen LogP contribution in [0.3, 0.4) is 0 Å². The third-order valence-corrected chi connectivity index (χ3v) is 4.27. The highest BCUT2D eigenvalue weighted by Gasteiger charge is 2.17. The van der Waals surface area contributed by atoms with Crippen LogP contribution in [0, 0.1) is 0 Å². The highest BCUT2D eigenvalue weighted by molar-refractivity contribution is 6.30. The molecule has 2 N–H and O–H groups in total. The van der Waals surface area contributed by atoms with Crippen LogP contribution in [0.4, 0.5) is 0 Å². The second kappa shape index (κ2) is 9.23. The molecule has 0 bridgehead atoms. The van der Waals surface area contributed by atoms with Crippen LogP contribution in [0.2, 0.25) is 5.02 Å². The fourth-order valence-electron chi connectivity index (χ4n) is 2.62. The van der Waals surface area contributed by atoms with Gasteiger partial charge in [0.25, 0.3) is 0 Å². The first-order valence-corrected chi connectivity index (χ1v) is 8.67. The van der Waals surface area contributed by atoms with E-state index in [4.69, 9.17) is 11.6 Å². The molecule has 25 heavy (non-hydrogen) atoms. The number of hydrogen-bond donors (Lipinski definition) is 2. The van der Waals surface area contributed by atoms with Crippen LogP contribution in [0.15, 0.2) is 54.6 Å². The van der Waals surface area contributed by atoms with Gasteiger partial charge in [0.15, 0.2) is 0 Å². The Morgan fingerprint density at radius 1 is 1.00 bits per heavy atom. The van der Waals surface area contributed by atoms with Crippen LogP contribution >= 0.6 is 11.6 Å². The van der Waals surface area contributed by atoms with Gasteiger partial charge in [0.2, 0.25) is 11.8 Å². The molecule has 0 aliphatic heterocycles. The van der Waals surface area contributed by atoms with E-state index in [2.05, 4.69) is 17.6 Å². The van der Waals surface area contributed by atoms with Crippen molar-refractivity contribution in [2.45, 2.75) is 32.2 Å². The van der Waals surface area contributed by atoms with Crippen molar-refractivity contribution in [1.29, 1.82) is 0 Å². The lowest BCUT2D eigenvalue weighted by Crippen LogP contribution is -2.34. The first kappa shape index (κ1) is 19.0. The summed E-state index contributed by atoms with van der Waals surface area (Å²) in [7, 11) is 0. The summed E-state index contributed by atoms with van der Waals surface area (Å²) in [6.45, 7) is 4.06. The fourth-order valence-corrected chi connectivity index (χ4v) is 2.74. The molecule has 0 saturated heterocycles. The molecule has 0 spiro atoms. The van der Waals surface area contributed by atoms with Crippen LogP contribution in [-0.4, -0.2) is 18.4 Å². The monoisotopic (exact) mass is 358 g/mol. The molecule has 0 radical (unpaired) electrons. The molecule has 0 heterocycles. The molecule has 0 saturated carbocycles. The van der Waals surface area contributed by atoms with E-state index >= 15 is 0 Å². The maximum atomic E-state index is 12.3. The van der Waals surface area contributed by atoms with Gasteiger partial charge in [-0.05, 0) is 29.2 Å². The quantitative estimate of drug-likeness (QED) is 0.790. The third-order valence-electron chi connectivity index (χ3n) is 4.01. The van der Waals surface area contributed by atoms with Gasteiger partial charge in [-0.1, -0.05) is 61.0 Å². The summed E-state index contributed by atoms with van der Waals surface area (Å²) in [5, 5.41) is 6.39. The van der Waals surface area contributed by atoms with Gasteiger partial charge < -0.3 is 10.6 Å². The number of nitrogens with one attached hydrogen (secondary N) is 2. The van der Waals surface area contributed by atoms with E-state index in [-0.39, 0.29) is 30.2 Å². The summed E-state index contributed by atoms with van der Waals surface area (Å²) in [5.41, 5.74) is 2.03. The van der Waals surface area contributed by atoms with Gasteiger partial charge in [-0.15, -0.1) is 0 Å². The molecule has 0 fully saturated rings. The smallest absolute Gasteiger partial charge is 0.222 e. The molecule has 4 nitrogen and oxygen atoms in total. The standard InChI is InChI=1S/C20H23ClN2O2/c1-14(16-6-4-3-5-7-16)13-22-20(25)12-19(23-15(2)24)17-8-10-18(21)11-9-17/h3-11,14,19H,12-13H2,1-2H3,(H,22,25)(H,23,24). The Kier molecular flexibility index (Phi) is 7.02. The summed E-state index contributed by atoms with van der Waals surface area (Å²) < 4.78 is 0. The largest absolute Gasteiger partial charge is 0.355 e. The molecule has 0 aliphatic carbocycles. The topological polar surface area (TPSA) is 58.2 Å². The Labute approximate surface area is 153 Å². The third kappa shape index (κ3) is 6.24. The predicted molar refractivity (Wildman–Crippen MR) is 100 cm³/mol. The zero-order chi connectivity index (χ0) is 18.2. The number of carbonyl (C=O) groups is 2. The molecule has 132 valence electrons. The van der Waals surface area contributed by atoms with E-state index in [1.54, 1.807) is 12.1 Å². The van der Waals surface area contributed by atoms with Gasteiger partial charge in [0.1, 0.15) is 0 Å². The summed E-state index contributed by atoms with van der Waals surface area (Å²) in [5.74, 6) is -0.0539. The summed E-state index contributed by atoms with van der Waals surface area (Å²) in [4.78, 5) is 23.8. The SMILES string of the molecule is CC(=O)NC(CC(=O)NCC(C)c1ccccc1)c1ccc(Cl)cc1. The molecule has 2 atom stereocenters. The highest BCUT2D eigenvalue weighted by Crippen LogP contribution is 2.20. The lowest BCUT2D eigenvalue weighted by Gasteiger charge is -2.19. The fraction of sp³-hybridized carbons (Fsp3) is 0.300. The van der Waals surface area contributed by atoms with Crippen molar-refractivity contribution in [3.05, 3.63) is 70.7 Å². The molecule has 2 aromatic carbocycles. The van der Waals surface area contributed by atoms with Crippen molar-refractivity contribution in [2.24, 2.45) is 0 Å². The summed E-state index contributed by atoms with van der Waals surface area (Å²) in [6, 6.07) is 16.8. The Morgan fingerprint density at radius 3 is 2.24 bits per heavy atom. The van der Waals surface area contributed by atoms with Crippen molar-refractivity contribution in [2.75, 3.05) is 6.54 Å². The number of rotatable bonds is 7. The highest BCUT2D eigenvalue weighted by atomic mass is 35.5. The summed E-state index contributed by atoms with van der Waals surface area (Å²) in [6.07, 6.45) is 0.183. The van der Waals surface area contributed by atoms with Crippen LogP contribution < -0.4 is 10.6 Å². The van der Waals surface area contributed by atoms with E-state index < -0.39 is 0 Å². The number of benzene rings is 2. The minimum atomic E-state index is -0.373. The lowest BCUT2D eigenvalue weighted by molar-refractivity contribution is -0.122. The van der Waals surface area contributed by atoms with Gasteiger partial charge in [-0.2, -0.15) is 0 Å². The van der Waals surface area contributed by atoms with E-state index in [1.165, 1.54) is 12.5 Å². The van der Waals surface area contributed by atoms with Crippen molar-refractivity contribution in [1.82, 2.24) is 10.6 Å². The number of carbonyl (C=O) groups excluding carboxylic acids is 2. The number of hydrogen-bond acceptors (Lipinski definition) is 2. The zero-order valence-electron chi connectivity index (χ0n) is 14.5. The average molecular weight is 359 g/mol. The van der Waals surface area contributed by atoms with Gasteiger partial charge in [0.05, 0.1) is 12.5 Å².